The number of aryl methyl sites for hydroxylation is 1. The van der Waals surface area contributed by atoms with Gasteiger partial charge in [-0.05, 0) is 47.0 Å². The van der Waals surface area contributed by atoms with Crippen molar-refractivity contribution in [2.75, 3.05) is 13.2 Å². The molecule has 0 aliphatic rings. The summed E-state index contributed by atoms with van der Waals surface area (Å²) in [5, 5.41) is 2.84. The molecule has 3 nitrogen and oxygen atoms in total. The number of rotatable bonds is 7. The van der Waals surface area contributed by atoms with E-state index >= 15 is 0 Å². The second kappa shape index (κ2) is 8.14. The van der Waals surface area contributed by atoms with Gasteiger partial charge in [-0.15, -0.1) is 0 Å². The largest absolute Gasteiger partial charge is 0.483 e. The van der Waals surface area contributed by atoms with Crippen LogP contribution in [-0.4, -0.2) is 19.1 Å². The first-order valence-corrected chi connectivity index (χ1v) is 7.08. The van der Waals surface area contributed by atoms with E-state index < -0.39 is 0 Å². The van der Waals surface area contributed by atoms with Crippen molar-refractivity contribution >= 4 is 21.8 Å². The van der Waals surface area contributed by atoms with Crippen molar-refractivity contribution in [1.82, 2.24) is 5.32 Å². The molecule has 0 atom stereocenters. The Hall–Kier alpha value is -1.03. The number of ether oxygens (including phenoxy) is 1. The Balaban J connectivity index is 2.29. The third-order valence-electron chi connectivity index (χ3n) is 2.55. The lowest BCUT2D eigenvalue weighted by molar-refractivity contribution is -0.123. The molecule has 100 valence electrons. The Kier molecular flexibility index (Phi) is 6.80. The fourth-order valence-electron chi connectivity index (χ4n) is 1.52. The van der Waals surface area contributed by atoms with Crippen LogP contribution in [0.4, 0.5) is 0 Å². The van der Waals surface area contributed by atoms with Gasteiger partial charge in [-0.1, -0.05) is 25.8 Å². The van der Waals surface area contributed by atoms with Gasteiger partial charge in [0.2, 0.25) is 0 Å². The Morgan fingerprint density at radius 3 is 2.83 bits per heavy atom. The van der Waals surface area contributed by atoms with Gasteiger partial charge < -0.3 is 10.1 Å². The minimum atomic E-state index is -0.0708. The zero-order valence-electron chi connectivity index (χ0n) is 11.0. The Morgan fingerprint density at radius 2 is 2.17 bits per heavy atom. The van der Waals surface area contributed by atoms with E-state index in [2.05, 4.69) is 28.2 Å². The molecule has 0 fully saturated rings. The summed E-state index contributed by atoms with van der Waals surface area (Å²) in [6.07, 6.45) is 3.32. The number of carbonyl (C=O) groups excluding carboxylic acids is 1. The Bertz CT molecular complexity index is 393. The molecule has 0 unspecified atom stereocenters. The fourth-order valence-corrected chi connectivity index (χ4v) is 2.13. The van der Waals surface area contributed by atoms with Crippen LogP contribution in [0.25, 0.3) is 0 Å². The maximum Gasteiger partial charge on any atom is 0.257 e. The Labute approximate surface area is 117 Å². The predicted octanol–water partition coefficient (Wildman–Crippen LogP) is 3.44. The van der Waals surface area contributed by atoms with Crippen molar-refractivity contribution in [3.05, 3.63) is 28.2 Å². The number of carbonyl (C=O) groups is 1. The number of halogens is 1. The van der Waals surface area contributed by atoms with Gasteiger partial charge in [0.15, 0.2) is 6.61 Å². The topological polar surface area (TPSA) is 38.3 Å². The zero-order chi connectivity index (χ0) is 13.4. The molecule has 4 heteroatoms. The maximum absolute atomic E-state index is 11.5. The molecule has 0 heterocycles. The molecule has 1 N–H and O–H groups in total. The van der Waals surface area contributed by atoms with Crippen LogP contribution in [0.5, 0.6) is 5.75 Å². The number of nitrogens with one attached hydrogen (secondary N) is 1. The minimum Gasteiger partial charge on any atom is -0.483 e. The summed E-state index contributed by atoms with van der Waals surface area (Å²) in [7, 11) is 0. The van der Waals surface area contributed by atoms with Crippen LogP contribution in [0.15, 0.2) is 22.7 Å². The van der Waals surface area contributed by atoms with Crippen LogP contribution in [0, 0.1) is 6.92 Å². The van der Waals surface area contributed by atoms with Gasteiger partial charge >= 0.3 is 0 Å². The molecule has 1 amide bonds. The molecule has 0 radical (unpaired) electrons. The molecule has 18 heavy (non-hydrogen) atoms. The molecule has 0 aliphatic carbocycles. The van der Waals surface area contributed by atoms with E-state index in [1.807, 2.05) is 25.1 Å². The van der Waals surface area contributed by atoms with Crippen molar-refractivity contribution in [1.29, 1.82) is 0 Å². The second-order valence-corrected chi connectivity index (χ2v) is 5.13. The van der Waals surface area contributed by atoms with E-state index in [9.17, 15) is 4.79 Å². The van der Waals surface area contributed by atoms with Gasteiger partial charge in [-0.25, -0.2) is 0 Å². The van der Waals surface area contributed by atoms with Gasteiger partial charge in [0, 0.05) is 6.54 Å². The summed E-state index contributed by atoms with van der Waals surface area (Å²) >= 11 is 3.41. The Morgan fingerprint density at radius 1 is 1.39 bits per heavy atom. The maximum atomic E-state index is 11.5. The molecule has 0 spiro atoms. The molecule has 1 aromatic carbocycles. The monoisotopic (exact) mass is 313 g/mol. The van der Waals surface area contributed by atoms with E-state index in [4.69, 9.17) is 4.74 Å². The molecule has 0 saturated heterocycles. The summed E-state index contributed by atoms with van der Waals surface area (Å²) in [5.74, 6) is 0.628. The van der Waals surface area contributed by atoms with Gasteiger partial charge in [0.1, 0.15) is 5.75 Å². The number of unbranched alkanes of at least 4 members (excludes halogenated alkanes) is 2. The van der Waals surface area contributed by atoms with Gasteiger partial charge in [0.25, 0.3) is 5.91 Å². The number of hydrogen-bond acceptors (Lipinski definition) is 2. The highest BCUT2D eigenvalue weighted by Crippen LogP contribution is 2.25. The van der Waals surface area contributed by atoms with Crippen molar-refractivity contribution in [3.63, 3.8) is 0 Å². The van der Waals surface area contributed by atoms with E-state index in [1.165, 1.54) is 0 Å². The number of benzene rings is 1. The third-order valence-corrected chi connectivity index (χ3v) is 3.17. The van der Waals surface area contributed by atoms with E-state index in [0.717, 1.165) is 35.8 Å². The molecule has 0 bridgehead atoms. The lowest BCUT2D eigenvalue weighted by atomic mass is 10.2. The number of hydrogen-bond donors (Lipinski definition) is 1. The van der Waals surface area contributed by atoms with E-state index in [-0.39, 0.29) is 12.5 Å². The summed E-state index contributed by atoms with van der Waals surface area (Å²) in [6, 6.07) is 5.79. The summed E-state index contributed by atoms with van der Waals surface area (Å²) < 4.78 is 6.33. The quantitative estimate of drug-likeness (QED) is 0.783. The molecular weight excluding hydrogens is 294 g/mol. The van der Waals surface area contributed by atoms with E-state index in [0.29, 0.717) is 5.75 Å². The smallest absolute Gasteiger partial charge is 0.257 e. The highest BCUT2D eigenvalue weighted by molar-refractivity contribution is 9.10. The lowest BCUT2D eigenvalue weighted by Gasteiger charge is -2.09. The standard InChI is InChI=1S/C14H20BrNO2/c1-3-4-5-8-16-14(17)10-18-13-7-6-11(2)9-12(13)15/h6-7,9H,3-5,8,10H2,1-2H3,(H,16,17). The average Bonchev–Trinajstić information content (AvgIpc) is 2.33. The normalized spacial score (nSPS) is 10.2. The molecule has 1 aromatic rings. The molecule has 0 saturated carbocycles. The van der Waals surface area contributed by atoms with Crippen molar-refractivity contribution < 1.29 is 9.53 Å². The van der Waals surface area contributed by atoms with Gasteiger partial charge in [-0.3, -0.25) is 4.79 Å². The first-order chi connectivity index (χ1) is 8.63. The van der Waals surface area contributed by atoms with Crippen molar-refractivity contribution in [3.8, 4) is 5.75 Å². The van der Waals surface area contributed by atoms with Crippen LogP contribution < -0.4 is 10.1 Å². The molecule has 0 aromatic heterocycles. The SMILES string of the molecule is CCCCCNC(=O)COc1ccc(C)cc1Br. The van der Waals surface area contributed by atoms with Crippen LogP contribution in [0.2, 0.25) is 0 Å². The lowest BCUT2D eigenvalue weighted by Crippen LogP contribution is -2.29. The average molecular weight is 314 g/mol. The molecule has 0 aliphatic heterocycles. The van der Waals surface area contributed by atoms with Crippen LogP contribution in [-0.2, 0) is 4.79 Å². The summed E-state index contributed by atoms with van der Waals surface area (Å²) in [5.41, 5.74) is 1.15. The number of amides is 1. The van der Waals surface area contributed by atoms with Gasteiger partial charge in [-0.2, -0.15) is 0 Å². The van der Waals surface area contributed by atoms with Gasteiger partial charge in [0.05, 0.1) is 4.47 Å². The minimum absolute atomic E-state index is 0.0633. The first-order valence-electron chi connectivity index (χ1n) is 6.29. The fraction of sp³-hybridized carbons (Fsp3) is 0.500. The molecular formula is C14H20BrNO2. The van der Waals surface area contributed by atoms with Crippen molar-refractivity contribution in [2.24, 2.45) is 0 Å². The van der Waals surface area contributed by atoms with E-state index in [1.54, 1.807) is 0 Å². The summed E-state index contributed by atoms with van der Waals surface area (Å²) in [4.78, 5) is 11.5. The first kappa shape index (κ1) is 15.0. The highest BCUT2D eigenvalue weighted by Gasteiger charge is 2.05. The molecule has 1 rings (SSSR count). The van der Waals surface area contributed by atoms with Crippen LogP contribution >= 0.6 is 15.9 Å². The predicted molar refractivity (Wildman–Crippen MR) is 76.9 cm³/mol. The van der Waals surface area contributed by atoms with Crippen molar-refractivity contribution in [2.45, 2.75) is 33.1 Å². The summed E-state index contributed by atoms with van der Waals surface area (Å²) in [6.45, 7) is 4.94. The van der Waals surface area contributed by atoms with Crippen LogP contribution in [0.3, 0.4) is 0 Å². The highest BCUT2D eigenvalue weighted by atomic mass is 79.9. The second-order valence-electron chi connectivity index (χ2n) is 4.28. The van der Waals surface area contributed by atoms with Crippen LogP contribution in [0.1, 0.15) is 31.7 Å². The zero-order valence-corrected chi connectivity index (χ0v) is 12.5. The third kappa shape index (κ3) is 5.54.